The summed E-state index contributed by atoms with van der Waals surface area (Å²) < 4.78 is 6.95. The van der Waals surface area contributed by atoms with E-state index in [4.69, 9.17) is 4.74 Å². The minimum Gasteiger partial charge on any atom is -0.388 e. The molecule has 2 aromatic rings. The van der Waals surface area contributed by atoms with E-state index >= 15 is 0 Å². The van der Waals surface area contributed by atoms with Crippen molar-refractivity contribution >= 4 is 0 Å². The topological polar surface area (TPSA) is 60.2 Å². The second-order valence-corrected chi connectivity index (χ2v) is 5.11. The molecule has 20 heavy (non-hydrogen) atoms. The van der Waals surface area contributed by atoms with Gasteiger partial charge in [-0.3, -0.25) is 0 Å². The predicted octanol–water partition coefficient (Wildman–Crippen LogP) is 2.28. The summed E-state index contributed by atoms with van der Waals surface area (Å²) in [6.45, 7) is 4.64. The molecule has 0 amide bonds. The van der Waals surface area contributed by atoms with E-state index in [1.807, 2.05) is 42.8 Å². The summed E-state index contributed by atoms with van der Waals surface area (Å²) in [5.74, 6) is 0.796. The van der Waals surface area contributed by atoms with E-state index in [1.54, 1.807) is 7.11 Å². The van der Waals surface area contributed by atoms with E-state index in [2.05, 4.69) is 10.1 Å². The van der Waals surface area contributed by atoms with Crippen molar-refractivity contribution < 1.29 is 9.84 Å². The lowest BCUT2D eigenvalue weighted by molar-refractivity contribution is 0.171. The van der Waals surface area contributed by atoms with Gasteiger partial charge in [-0.25, -0.2) is 9.67 Å². The Morgan fingerprint density at radius 1 is 1.35 bits per heavy atom. The van der Waals surface area contributed by atoms with Crippen LogP contribution in [0.4, 0.5) is 0 Å². The first-order valence-corrected chi connectivity index (χ1v) is 6.76. The molecule has 1 aromatic carbocycles. The highest BCUT2D eigenvalue weighted by atomic mass is 16.5. The van der Waals surface area contributed by atoms with Gasteiger partial charge in [-0.1, -0.05) is 24.3 Å². The molecule has 0 spiro atoms. The van der Waals surface area contributed by atoms with Crippen molar-refractivity contribution in [3.63, 3.8) is 0 Å². The molecule has 0 aliphatic heterocycles. The first kappa shape index (κ1) is 14.7. The maximum absolute atomic E-state index is 10.4. The summed E-state index contributed by atoms with van der Waals surface area (Å²) in [6, 6.07) is 8.03. The highest BCUT2D eigenvalue weighted by molar-refractivity contribution is 5.25. The maximum Gasteiger partial charge on any atom is 0.138 e. The number of nitrogens with zero attached hydrogens (tertiary/aromatic N) is 3. The Hall–Kier alpha value is -1.72. The van der Waals surface area contributed by atoms with Gasteiger partial charge in [0.1, 0.15) is 12.2 Å². The van der Waals surface area contributed by atoms with Crippen LogP contribution in [0.3, 0.4) is 0 Å². The summed E-state index contributed by atoms with van der Waals surface area (Å²) in [6.07, 6.45) is 1.39. The number of aliphatic hydroxyl groups is 1. The zero-order chi connectivity index (χ0) is 14.5. The van der Waals surface area contributed by atoms with E-state index in [0.29, 0.717) is 13.0 Å². The number of benzene rings is 1. The van der Waals surface area contributed by atoms with Crippen molar-refractivity contribution in [3.05, 3.63) is 47.5 Å². The van der Waals surface area contributed by atoms with Crippen LogP contribution >= 0.6 is 0 Å². The summed E-state index contributed by atoms with van der Waals surface area (Å²) in [7, 11) is 1.66. The molecular formula is C15H21N3O2. The zero-order valence-electron chi connectivity index (χ0n) is 12.2. The van der Waals surface area contributed by atoms with Crippen molar-refractivity contribution in [2.45, 2.75) is 39.0 Å². The summed E-state index contributed by atoms with van der Waals surface area (Å²) in [4.78, 5) is 4.23. The largest absolute Gasteiger partial charge is 0.388 e. The molecule has 1 aromatic heterocycles. The third-order valence-electron chi connectivity index (χ3n) is 3.16. The van der Waals surface area contributed by atoms with Gasteiger partial charge in [-0.05, 0) is 25.0 Å². The second-order valence-electron chi connectivity index (χ2n) is 5.11. The fraction of sp³-hybridized carbons (Fsp3) is 0.467. The van der Waals surface area contributed by atoms with E-state index in [9.17, 15) is 5.11 Å². The average molecular weight is 275 g/mol. The van der Waals surface area contributed by atoms with Gasteiger partial charge < -0.3 is 9.84 Å². The minimum absolute atomic E-state index is 0.236. The molecule has 1 atom stereocenters. The fourth-order valence-corrected chi connectivity index (χ4v) is 2.20. The molecule has 0 aliphatic carbocycles. The normalized spacial score (nSPS) is 12.8. The van der Waals surface area contributed by atoms with Crippen LogP contribution in [0.25, 0.3) is 0 Å². The van der Waals surface area contributed by atoms with Crippen molar-refractivity contribution in [2.24, 2.45) is 0 Å². The Kier molecular flexibility index (Phi) is 4.87. The monoisotopic (exact) mass is 275 g/mol. The molecule has 108 valence electrons. The van der Waals surface area contributed by atoms with E-state index in [1.165, 1.54) is 6.33 Å². The molecule has 5 heteroatoms. The molecule has 1 unspecified atom stereocenters. The average Bonchev–Trinajstić information content (AvgIpc) is 2.88. The Morgan fingerprint density at radius 2 is 2.15 bits per heavy atom. The van der Waals surface area contributed by atoms with Crippen LogP contribution in [0.5, 0.6) is 0 Å². The van der Waals surface area contributed by atoms with Crippen molar-refractivity contribution in [3.8, 4) is 0 Å². The highest BCUT2D eigenvalue weighted by Gasteiger charge is 2.15. The summed E-state index contributed by atoms with van der Waals surface area (Å²) >= 11 is 0. The molecular weight excluding hydrogens is 254 g/mol. The number of ether oxygens (including phenoxy) is 1. The van der Waals surface area contributed by atoms with Crippen molar-refractivity contribution in [1.82, 2.24) is 14.8 Å². The summed E-state index contributed by atoms with van der Waals surface area (Å²) in [5, 5.41) is 14.6. The maximum atomic E-state index is 10.4. The number of aliphatic hydroxyl groups excluding tert-OH is 1. The van der Waals surface area contributed by atoms with E-state index in [0.717, 1.165) is 17.0 Å². The highest BCUT2D eigenvalue weighted by Crippen LogP contribution is 2.20. The van der Waals surface area contributed by atoms with Gasteiger partial charge in [0.25, 0.3) is 0 Å². The van der Waals surface area contributed by atoms with E-state index in [-0.39, 0.29) is 6.04 Å². The van der Waals surface area contributed by atoms with Crippen LogP contribution < -0.4 is 0 Å². The van der Waals surface area contributed by atoms with Gasteiger partial charge in [0.05, 0.1) is 12.7 Å². The Bertz CT molecular complexity index is 552. The Morgan fingerprint density at radius 3 is 2.85 bits per heavy atom. The molecule has 0 saturated heterocycles. The number of aromatic nitrogens is 3. The molecule has 0 fully saturated rings. The Labute approximate surface area is 119 Å². The van der Waals surface area contributed by atoms with Crippen LogP contribution in [0, 0.1) is 0 Å². The van der Waals surface area contributed by atoms with Gasteiger partial charge in [0, 0.05) is 19.6 Å². The van der Waals surface area contributed by atoms with Crippen LogP contribution in [0.1, 0.15) is 42.9 Å². The SMILES string of the molecule is COCc1cccc(C(O)Cc2ncnn2C(C)C)c1. The predicted molar refractivity (Wildman–Crippen MR) is 76.2 cm³/mol. The zero-order valence-corrected chi connectivity index (χ0v) is 12.2. The van der Waals surface area contributed by atoms with Gasteiger partial charge >= 0.3 is 0 Å². The quantitative estimate of drug-likeness (QED) is 0.878. The lowest BCUT2D eigenvalue weighted by Crippen LogP contribution is -2.12. The number of hydrogen-bond donors (Lipinski definition) is 1. The van der Waals surface area contributed by atoms with Gasteiger partial charge in [0.2, 0.25) is 0 Å². The number of methoxy groups -OCH3 is 1. The lowest BCUT2D eigenvalue weighted by Gasteiger charge is -2.14. The first-order valence-electron chi connectivity index (χ1n) is 6.76. The third-order valence-corrected chi connectivity index (χ3v) is 3.16. The van der Waals surface area contributed by atoms with Gasteiger partial charge in [0.15, 0.2) is 0 Å². The molecule has 2 rings (SSSR count). The van der Waals surface area contributed by atoms with Crippen molar-refractivity contribution in [2.75, 3.05) is 7.11 Å². The van der Waals surface area contributed by atoms with Crippen LogP contribution in [0.2, 0.25) is 0 Å². The van der Waals surface area contributed by atoms with Crippen LogP contribution in [-0.4, -0.2) is 27.0 Å². The number of rotatable bonds is 6. The molecule has 1 N–H and O–H groups in total. The smallest absolute Gasteiger partial charge is 0.138 e. The molecule has 1 heterocycles. The van der Waals surface area contributed by atoms with Gasteiger partial charge in [-0.2, -0.15) is 5.10 Å². The molecule has 5 nitrogen and oxygen atoms in total. The van der Waals surface area contributed by atoms with Crippen LogP contribution in [0.15, 0.2) is 30.6 Å². The van der Waals surface area contributed by atoms with Gasteiger partial charge in [-0.15, -0.1) is 0 Å². The fourth-order valence-electron chi connectivity index (χ4n) is 2.20. The molecule has 0 radical (unpaired) electrons. The third kappa shape index (κ3) is 3.43. The second kappa shape index (κ2) is 6.63. The molecule has 0 saturated carbocycles. The molecule has 0 bridgehead atoms. The standard InChI is InChI=1S/C15H21N3O2/c1-11(2)18-15(16-10-17-18)8-14(19)13-6-4-5-12(7-13)9-20-3/h4-7,10-11,14,19H,8-9H2,1-3H3. The number of hydrogen-bond acceptors (Lipinski definition) is 4. The minimum atomic E-state index is -0.589. The molecule has 0 aliphatic rings. The first-order chi connectivity index (χ1) is 9.61. The van der Waals surface area contributed by atoms with Crippen molar-refractivity contribution in [1.29, 1.82) is 0 Å². The summed E-state index contributed by atoms with van der Waals surface area (Å²) in [5.41, 5.74) is 1.92. The Balaban J connectivity index is 2.13. The van der Waals surface area contributed by atoms with E-state index < -0.39 is 6.10 Å². The van der Waals surface area contributed by atoms with Crippen LogP contribution in [-0.2, 0) is 17.8 Å². The lowest BCUT2D eigenvalue weighted by atomic mass is 10.0.